The number of anilines is 1. The molecule has 0 unspecified atom stereocenters. The lowest BCUT2D eigenvalue weighted by atomic mass is 10.1. The van der Waals surface area contributed by atoms with Crippen molar-refractivity contribution in [2.45, 2.75) is 26.9 Å². The summed E-state index contributed by atoms with van der Waals surface area (Å²) < 4.78 is 1.84. The number of carbonyl (C=O) groups excluding carboxylic acids is 1. The van der Waals surface area contributed by atoms with Crippen LogP contribution in [0.15, 0.2) is 61.1 Å². The van der Waals surface area contributed by atoms with Gasteiger partial charge in [-0.05, 0) is 31.5 Å². The molecular weight excluding hydrogens is 438 g/mol. The van der Waals surface area contributed by atoms with Crippen LogP contribution in [-0.2, 0) is 13.1 Å². The van der Waals surface area contributed by atoms with Crippen molar-refractivity contribution < 1.29 is 4.79 Å². The molecule has 35 heavy (non-hydrogen) atoms. The highest BCUT2D eigenvalue weighted by atomic mass is 16.1. The van der Waals surface area contributed by atoms with Crippen LogP contribution in [0.3, 0.4) is 0 Å². The van der Waals surface area contributed by atoms with E-state index in [1.807, 2.05) is 36.9 Å². The Bertz CT molecular complexity index is 1290. The Hall–Kier alpha value is -3.78. The SMILES string of the molecule is Cc1cc(C)cc(C(=O)NCCn2ncc3c(N4CCN(Cc5ccccc5)CC4)ncnc32)c1. The predicted molar refractivity (Wildman–Crippen MR) is 138 cm³/mol. The van der Waals surface area contributed by atoms with Crippen LogP contribution in [-0.4, -0.2) is 63.3 Å². The van der Waals surface area contributed by atoms with Gasteiger partial charge in [-0.25, -0.2) is 14.6 Å². The van der Waals surface area contributed by atoms with Crippen LogP contribution in [0.4, 0.5) is 5.82 Å². The summed E-state index contributed by atoms with van der Waals surface area (Å²) in [6.45, 7) is 9.78. The molecule has 8 nitrogen and oxygen atoms in total. The molecule has 0 aliphatic carbocycles. The molecule has 180 valence electrons. The van der Waals surface area contributed by atoms with E-state index in [9.17, 15) is 4.79 Å². The average Bonchev–Trinajstić information content (AvgIpc) is 3.28. The summed E-state index contributed by atoms with van der Waals surface area (Å²) in [5.74, 6) is 0.858. The van der Waals surface area contributed by atoms with E-state index in [0.29, 0.717) is 18.7 Å². The van der Waals surface area contributed by atoms with Gasteiger partial charge in [-0.1, -0.05) is 47.5 Å². The van der Waals surface area contributed by atoms with Crippen molar-refractivity contribution in [3.63, 3.8) is 0 Å². The molecule has 2 aromatic carbocycles. The Labute approximate surface area is 205 Å². The zero-order valence-electron chi connectivity index (χ0n) is 20.3. The van der Waals surface area contributed by atoms with Crippen LogP contribution in [0.25, 0.3) is 11.0 Å². The molecule has 4 aromatic rings. The van der Waals surface area contributed by atoms with E-state index < -0.39 is 0 Å². The summed E-state index contributed by atoms with van der Waals surface area (Å²) in [7, 11) is 0. The highest BCUT2D eigenvalue weighted by molar-refractivity contribution is 5.94. The average molecular weight is 470 g/mol. The quantitative estimate of drug-likeness (QED) is 0.448. The topological polar surface area (TPSA) is 79.2 Å². The van der Waals surface area contributed by atoms with Crippen LogP contribution in [0.1, 0.15) is 27.0 Å². The van der Waals surface area contributed by atoms with Crippen molar-refractivity contribution in [3.05, 3.63) is 83.3 Å². The molecule has 5 rings (SSSR count). The van der Waals surface area contributed by atoms with E-state index in [0.717, 1.165) is 60.7 Å². The van der Waals surface area contributed by atoms with Crippen LogP contribution in [0, 0.1) is 13.8 Å². The highest BCUT2D eigenvalue weighted by Crippen LogP contribution is 2.24. The molecule has 1 N–H and O–H groups in total. The molecule has 1 aliphatic heterocycles. The van der Waals surface area contributed by atoms with E-state index in [4.69, 9.17) is 0 Å². The molecular formula is C27H31N7O. The number of benzene rings is 2. The maximum absolute atomic E-state index is 12.6. The number of hydrogen-bond donors (Lipinski definition) is 1. The van der Waals surface area contributed by atoms with Gasteiger partial charge in [0.25, 0.3) is 5.91 Å². The molecule has 3 heterocycles. The number of nitrogens with one attached hydrogen (secondary N) is 1. The van der Waals surface area contributed by atoms with Crippen molar-refractivity contribution in [2.75, 3.05) is 37.6 Å². The van der Waals surface area contributed by atoms with Crippen molar-refractivity contribution in [2.24, 2.45) is 0 Å². The predicted octanol–water partition coefficient (Wildman–Crippen LogP) is 3.20. The molecule has 2 aromatic heterocycles. The van der Waals surface area contributed by atoms with Gasteiger partial charge in [0, 0.05) is 44.8 Å². The smallest absolute Gasteiger partial charge is 0.251 e. The van der Waals surface area contributed by atoms with E-state index in [1.54, 1.807) is 6.33 Å². The van der Waals surface area contributed by atoms with Gasteiger partial charge in [0.2, 0.25) is 0 Å². The molecule has 0 atom stereocenters. The highest BCUT2D eigenvalue weighted by Gasteiger charge is 2.21. The second-order valence-corrected chi connectivity index (χ2v) is 9.18. The van der Waals surface area contributed by atoms with E-state index in [1.165, 1.54) is 5.56 Å². The molecule has 0 spiro atoms. The summed E-state index contributed by atoms with van der Waals surface area (Å²) in [4.78, 5) is 26.4. The van der Waals surface area contributed by atoms with E-state index >= 15 is 0 Å². The molecule has 1 saturated heterocycles. The van der Waals surface area contributed by atoms with Gasteiger partial charge in [0.1, 0.15) is 12.1 Å². The fraction of sp³-hybridized carbons (Fsp3) is 0.333. The lowest BCUT2D eigenvalue weighted by Crippen LogP contribution is -2.46. The minimum absolute atomic E-state index is 0.0723. The van der Waals surface area contributed by atoms with Crippen LogP contribution in [0.2, 0.25) is 0 Å². The normalized spacial score (nSPS) is 14.4. The number of amides is 1. The van der Waals surface area contributed by atoms with E-state index in [2.05, 4.69) is 66.6 Å². The maximum Gasteiger partial charge on any atom is 0.251 e. The first-order chi connectivity index (χ1) is 17.1. The van der Waals surface area contributed by atoms with Gasteiger partial charge in [-0.15, -0.1) is 0 Å². The van der Waals surface area contributed by atoms with Gasteiger partial charge < -0.3 is 10.2 Å². The first-order valence-electron chi connectivity index (χ1n) is 12.1. The van der Waals surface area contributed by atoms with Crippen LogP contribution < -0.4 is 10.2 Å². The number of fused-ring (bicyclic) bond motifs is 1. The first-order valence-corrected chi connectivity index (χ1v) is 12.1. The molecule has 0 bridgehead atoms. The van der Waals surface area contributed by atoms with Crippen molar-refractivity contribution >= 4 is 22.8 Å². The Kier molecular flexibility index (Phi) is 6.72. The Morgan fingerprint density at radius 3 is 2.46 bits per heavy atom. The maximum atomic E-state index is 12.6. The summed E-state index contributed by atoms with van der Waals surface area (Å²) in [5.41, 5.74) is 4.99. The fourth-order valence-corrected chi connectivity index (χ4v) is 4.74. The molecule has 1 fully saturated rings. The third-order valence-electron chi connectivity index (χ3n) is 6.43. The lowest BCUT2D eigenvalue weighted by Gasteiger charge is -2.35. The van der Waals surface area contributed by atoms with Crippen LogP contribution in [0.5, 0.6) is 0 Å². The molecule has 0 saturated carbocycles. The van der Waals surface area contributed by atoms with Crippen molar-refractivity contribution in [1.29, 1.82) is 0 Å². The Morgan fingerprint density at radius 2 is 1.71 bits per heavy atom. The first kappa shape index (κ1) is 23.0. The molecule has 1 aliphatic rings. The Morgan fingerprint density at radius 1 is 0.971 bits per heavy atom. The monoisotopic (exact) mass is 469 g/mol. The third kappa shape index (κ3) is 5.33. The van der Waals surface area contributed by atoms with Crippen molar-refractivity contribution in [1.82, 2.24) is 30.0 Å². The number of hydrogen-bond acceptors (Lipinski definition) is 6. The molecule has 8 heteroatoms. The largest absolute Gasteiger partial charge is 0.353 e. The second kappa shape index (κ2) is 10.2. The second-order valence-electron chi connectivity index (χ2n) is 9.18. The number of rotatable bonds is 7. The van der Waals surface area contributed by atoms with Gasteiger partial charge in [0.05, 0.1) is 18.1 Å². The third-order valence-corrected chi connectivity index (χ3v) is 6.43. The number of piperazine rings is 1. The fourth-order valence-electron chi connectivity index (χ4n) is 4.74. The molecule has 1 amide bonds. The van der Waals surface area contributed by atoms with Gasteiger partial charge >= 0.3 is 0 Å². The Balaban J connectivity index is 1.20. The summed E-state index contributed by atoms with van der Waals surface area (Å²) in [5, 5.41) is 8.49. The van der Waals surface area contributed by atoms with Gasteiger partial charge in [-0.2, -0.15) is 5.10 Å². The summed E-state index contributed by atoms with van der Waals surface area (Å²) in [6.07, 6.45) is 3.45. The van der Waals surface area contributed by atoms with Gasteiger partial charge in [-0.3, -0.25) is 9.69 Å². The minimum atomic E-state index is -0.0723. The van der Waals surface area contributed by atoms with E-state index in [-0.39, 0.29) is 5.91 Å². The lowest BCUT2D eigenvalue weighted by molar-refractivity contribution is 0.0952. The van der Waals surface area contributed by atoms with Crippen molar-refractivity contribution in [3.8, 4) is 0 Å². The van der Waals surface area contributed by atoms with Crippen LogP contribution >= 0.6 is 0 Å². The summed E-state index contributed by atoms with van der Waals surface area (Å²) >= 11 is 0. The number of carbonyl (C=O) groups is 1. The molecule has 0 radical (unpaired) electrons. The number of aromatic nitrogens is 4. The summed E-state index contributed by atoms with van der Waals surface area (Å²) in [6, 6.07) is 16.5. The standard InChI is InChI=1S/C27H31N7O/c1-20-14-21(2)16-23(15-20)27(35)28-8-9-34-26-24(17-31-34)25(29-19-30-26)33-12-10-32(11-13-33)18-22-6-4-3-5-7-22/h3-7,14-17,19H,8-13,18H2,1-2H3,(H,28,35). The number of nitrogens with zero attached hydrogens (tertiary/aromatic N) is 6. The minimum Gasteiger partial charge on any atom is -0.353 e. The van der Waals surface area contributed by atoms with Gasteiger partial charge in [0.15, 0.2) is 5.65 Å². The zero-order valence-corrected chi connectivity index (χ0v) is 20.3. The zero-order chi connectivity index (χ0) is 24.2. The number of aryl methyl sites for hydroxylation is 2.